The third-order valence-electron chi connectivity index (χ3n) is 6.41. The molecule has 4 rings (SSSR count). The van der Waals surface area contributed by atoms with Crippen LogP contribution in [0.3, 0.4) is 0 Å². The second kappa shape index (κ2) is 8.01. The first kappa shape index (κ1) is 18.5. The predicted molar refractivity (Wildman–Crippen MR) is 106 cm³/mol. The Kier molecular flexibility index (Phi) is 5.48. The molecule has 0 atom stereocenters. The van der Waals surface area contributed by atoms with Crippen LogP contribution in [0, 0.1) is 0 Å². The highest BCUT2D eigenvalue weighted by molar-refractivity contribution is 6.09. The summed E-state index contributed by atoms with van der Waals surface area (Å²) >= 11 is 0. The summed E-state index contributed by atoms with van der Waals surface area (Å²) in [4.78, 5) is 32.7. The second-order valence-corrected chi connectivity index (χ2v) is 8.20. The predicted octanol–water partition coefficient (Wildman–Crippen LogP) is 3.14. The van der Waals surface area contributed by atoms with Gasteiger partial charge in [-0.15, -0.1) is 0 Å². The van der Waals surface area contributed by atoms with E-state index in [1.165, 1.54) is 19.3 Å². The molecule has 0 spiro atoms. The lowest BCUT2D eigenvalue weighted by Gasteiger charge is -2.35. The highest BCUT2D eigenvalue weighted by atomic mass is 16.2. The fraction of sp³-hybridized carbons (Fsp3) is 0.636. The lowest BCUT2D eigenvalue weighted by Crippen LogP contribution is -2.49. The van der Waals surface area contributed by atoms with Gasteiger partial charge in [0, 0.05) is 38.8 Å². The molecular weight excluding hydrogens is 338 g/mol. The topological polar surface area (TPSA) is 43.9 Å². The minimum absolute atomic E-state index is 0.0295. The van der Waals surface area contributed by atoms with Gasteiger partial charge in [-0.05, 0) is 37.4 Å². The van der Waals surface area contributed by atoms with Crippen molar-refractivity contribution >= 4 is 11.8 Å². The summed E-state index contributed by atoms with van der Waals surface area (Å²) < 4.78 is 0. The lowest BCUT2D eigenvalue weighted by molar-refractivity contribution is 0.0614. The minimum Gasteiger partial charge on any atom is -0.336 e. The van der Waals surface area contributed by atoms with Crippen molar-refractivity contribution in [1.82, 2.24) is 14.7 Å². The number of benzene rings is 1. The van der Waals surface area contributed by atoms with E-state index in [0.717, 1.165) is 57.5 Å². The molecule has 1 aromatic rings. The van der Waals surface area contributed by atoms with E-state index in [1.807, 2.05) is 28.0 Å². The van der Waals surface area contributed by atoms with Crippen molar-refractivity contribution in [3.8, 4) is 0 Å². The van der Waals surface area contributed by atoms with Gasteiger partial charge < -0.3 is 9.80 Å². The van der Waals surface area contributed by atoms with Crippen molar-refractivity contribution in [2.75, 3.05) is 32.7 Å². The van der Waals surface area contributed by atoms with Gasteiger partial charge in [-0.2, -0.15) is 0 Å². The summed E-state index contributed by atoms with van der Waals surface area (Å²) in [7, 11) is 0. The van der Waals surface area contributed by atoms with Crippen LogP contribution >= 0.6 is 0 Å². The number of amides is 2. The number of hydrogen-bond donors (Lipinski definition) is 0. The van der Waals surface area contributed by atoms with E-state index in [4.69, 9.17) is 0 Å². The van der Waals surface area contributed by atoms with Gasteiger partial charge in [0.05, 0.1) is 11.1 Å². The molecule has 2 heterocycles. The Morgan fingerprint density at radius 1 is 1.07 bits per heavy atom. The quantitative estimate of drug-likeness (QED) is 0.819. The fourth-order valence-electron chi connectivity index (χ4n) is 4.91. The molecule has 5 heteroatoms. The lowest BCUT2D eigenvalue weighted by atomic mass is 9.94. The number of fused-ring (bicyclic) bond motifs is 1. The van der Waals surface area contributed by atoms with Crippen LogP contribution in [0.15, 0.2) is 18.2 Å². The van der Waals surface area contributed by atoms with Crippen molar-refractivity contribution in [1.29, 1.82) is 0 Å². The van der Waals surface area contributed by atoms with Crippen molar-refractivity contribution in [3.05, 3.63) is 34.9 Å². The van der Waals surface area contributed by atoms with Crippen LogP contribution in [0.5, 0.6) is 0 Å². The maximum absolute atomic E-state index is 13.2. The molecule has 3 aliphatic rings. The molecule has 1 aromatic carbocycles. The molecule has 1 saturated carbocycles. The zero-order valence-corrected chi connectivity index (χ0v) is 16.5. The Labute approximate surface area is 162 Å². The number of hydrogen-bond acceptors (Lipinski definition) is 3. The molecule has 5 nitrogen and oxygen atoms in total. The zero-order chi connectivity index (χ0) is 18.8. The van der Waals surface area contributed by atoms with Crippen LogP contribution in [-0.4, -0.2) is 65.3 Å². The summed E-state index contributed by atoms with van der Waals surface area (Å²) in [6.45, 7) is 7.32. The van der Waals surface area contributed by atoms with Crippen LogP contribution in [0.2, 0.25) is 0 Å². The van der Waals surface area contributed by atoms with Crippen LogP contribution in [0.1, 0.15) is 71.7 Å². The Bertz CT molecular complexity index is 704. The Hall–Kier alpha value is -1.88. The zero-order valence-electron chi connectivity index (χ0n) is 16.5. The average Bonchev–Trinajstić information content (AvgIpc) is 3.06. The van der Waals surface area contributed by atoms with Gasteiger partial charge in [-0.25, -0.2) is 0 Å². The van der Waals surface area contributed by atoms with Gasteiger partial charge in [-0.3, -0.25) is 14.5 Å². The average molecular weight is 370 g/mol. The molecule has 2 fully saturated rings. The molecule has 1 aliphatic carbocycles. The van der Waals surface area contributed by atoms with E-state index in [0.29, 0.717) is 23.7 Å². The van der Waals surface area contributed by atoms with Gasteiger partial charge >= 0.3 is 0 Å². The van der Waals surface area contributed by atoms with Gasteiger partial charge in [0.25, 0.3) is 11.8 Å². The molecule has 2 aliphatic heterocycles. The molecular formula is C22H31N3O2. The first-order valence-corrected chi connectivity index (χ1v) is 10.6. The summed E-state index contributed by atoms with van der Waals surface area (Å²) in [5, 5.41) is 0. The molecule has 1 saturated heterocycles. The monoisotopic (exact) mass is 369 g/mol. The summed E-state index contributed by atoms with van der Waals surface area (Å²) in [5.74, 6) is 0.104. The minimum atomic E-state index is 0.0295. The Morgan fingerprint density at radius 2 is 1.81 bits per heavy atom. The number of rotatable bonds is 4. The third kappa shape index (κ3) is 3.62. The second-order valence-electron chi connectivity index (χ2n) is 8.20. The molecule has 27 heavy (non-hydrogen) atoms. The van der Waals surface area contributed by atoms with E-state index < -0.39 is 0 Å². The van der Waals surface area contributed by atoms with Gasteiger partial charge in [0.1, 0.15) is 0 Å². The first-order chi connectivity index (χ1) is 13.2. The SMILES string of the molecule is CCCN1CCN(C(=O)c2cccc3c2C(=O)N(C2CCCCC2)C3)CC1. The molecule has 0 aromatic heterocycles. The van der Waals surface area contributed by atoms with Crippen molar-refractivity contribution < 1.29 is 9.59 Å². The number of nitrogens with zero attached hydrogens (tertiary/aromatic N) is 3. The summed E-state index contributed by atoms with van der Waals surface area (Å²) in [5.41, 5.74) is 2.31. The number of carbonyl (C=O) groups excluding carboxylic acids is 2. The number of piperazine rings is 1. The molecule has 146 valence electrons. The van der Waals surface area contributed by atoms with Crippen LogP contribution < -0.4 is 0 Å². The maximum atomic E-state index is 13.2. The largest absolute Gasteiger partial charge is 0.336 e. The third-order valence-corrected chi connectivity index (χ3v) is 6.41. The maximum Gasteiger partial charge on any atom is 0.255 e. The van der Waals surface area contributed by atoms with E-state index in [-0.39, 0.29) is 11.8 Å². The normalized spacial score (nSPS) is 21.6. The van der Waals surface area contributed by atoms with Crippen LogP contribution in [0.4, 0.5) is 0 Å². The molecule has 0 N–H and O–H groups in total. The van der Waals surface area contributed by atoms with Crippen molar-refractivity contribution in [2.45, 2.75) is 58.0 Å². The molecule has 2 amide bonds. The Balaban J connectivity index is 1.51. The first-order valence-electron chi connectivity index (χ1n) is 10.6. The van der Waals surface area contributed by atoms with E-state index >= 15 is 0 Å². The summed E-state index contributed by atoms with van der Waals surface area (Å²) in [6.07, 6.45) is 7.03. The highest BCUT2D eigenvalue weighted by Gasteiger charge is 2.37. The summed E-state index contributed by atoms with van der Waals surface area (Å²) in [6, 6.07) is 6.16. The van der Waals surface area contributed by atoms with E-state index in [9.17, 15) is 9.59 Å². The van der Waals surface area contributed by atoms with Crippen molar-refractivity contribution in [3.63, 3.8) is 0 Å². The standard InChI is InChI=1S/C22H31N3O2/c1-2-11-23-12-14-24(15-13-23)21(26)19-10-6-7-17-16-25(22(27)20(17)19)18-8-4-3-5-9-18/h6-7,10,18H,2-5,8-9,11-16H2,1H3. The van der Waals surface area contributed by atoms with E-state index in [2.05, 4.69) is 11.8 Å². The van der Waals surface area contributed by atoms with Gasteiger partial charge in [0.15, 0.2) is 0 Å². The Morgan fingerprint density at radius 3 is 2.52 bits per heavy atom. The van der Waals surface area contributed by atoms with Crippen LogP contribution in [0.25, 0.3) is 0 Å². The number of carbonyl (C=O) groups is 2. The van der Waals surface area contributed by atoms with Gasteiger partial charge in [0.2, 0.25) is 0 Å². The molecule has 0 radical (unpaired) electrons. The molecule has 0 unspecified atom stereocenters. The van der Waals surface area contributed by atoms with Crippen molar-refractivity contribution in [2.24, 2.45) is 0 Å². The molecule has 0 bridgehead atoms. The van der Waals surface area contributed by atoms with E-state index in [1.54, 1.807) is 0 Å². The van der Waals surface area contributed by atoms with Crippen LogP contribution in [-0.2, 0) is 6.54 Å². The van der Waals surface area contributed by atoms with Gasteiger partial charge in [-0.1, -0.05) is 38.3 Å². The smallest absolute Gasteiger partial charge is 0.255 e. The highest BCUT2D eigenvalue weighted by Crippen LogP contribution is 2.33. The fourth-order valence-corrected chi connectivity index (χ4v) is 4.91.